The molecule has 2 atom stereocenters. The zero-order valence-electron chi connectivity index (χ0n) is 12.5. The van der Waals surface area contributed by atoms with E-state index in [-0.39, 0.29) is 12.1 Å². The summed E-state index contributed by atoms with van der Waals surface area (Å²) in [4.78, 5) is 2.48. The molecule has 1 aliphatic carbocycles. The minimum Gasteiger partial charge on any atom is -0.394 e. The number of hydrogen-bond donors (Lipinski definition) is 2. The Balaban J connectivity index is 1.94. The van der Waals surface area contributed by atoms with Crippen LogP contribution in [0.1, 0.15) is 39.0 Å². The molecule has 4 nitrogen and oxygen atoms in total. The van der Waals surface area contributed by atoms with Crippen molar-refractivity contribution in [1.82, 2.24) is 10.2 Å². The Hall–Kier alpha value is -0.160. The number of nitrogens with zero attached hydrogens (tertiary/aromatic N) is 1. The van der Waals surface area contributed by atoms with Crippen LogP contribution in [-0.2, 0) is 4.74 Å². The van der Waals surface area contributed by atoms with E-state index in [9.17, 15) is 5.11 Å². The Morgan fingerprint density at radius 3 is 2.74 bits per heavy atom. The Labute approximate surface area is 117 Å². The first-order chi connectivity index (χ1) is 9.24. The highest BCUT2D eigenvalue weighted by Gasteiger charge is 2.45. The van der Waals surface area contributed by atoms with Crippen LogP contribution in [0.15, 0.2) is 0 Å². The molecule has 2 aliphatic rings. The van der Waals surface area contributed by atoms with E-state index in [4.69, 9.17) is 4.74 Å². The van der Waals surface area contributed by atoms with Crippen LogP contribution >= 0.6 is 0 Å². The molecular weight excluding hydrogens is 240 g/mol. The van der Waals surface area contributed by atoms with Gasteiger partial charge in [-0.1, -0.05) is 6.92 Å². The van der Waals surface area contributed by atoms with Gasteiger partial charge in [-0.3, -0.25) is 4.90 Å². The van der Waals surface area contributed by atoms with Crippen molar-refractivity contribution >= 4 is 0 Å². The maximum Gasteiger partial charge on any atom is 0.0698 e. The van der Waals surface area contributed by atoms with Gasteiger partial charge in [0.15, 0.2) is 0 Å². The van der Waals surface area contributed by atoms with E-state index in [2.05, 4.69) is 17.1 Å². The predicted octanol–water partition coefficient (Wildman–Crippen LogP) is 1.24. The lowest BCUT2D eigenvalue weighted by Crippen LogP contribution is -2.59. The van der Waals surface area contributed by atoms with Crippen molar-refractivity contribution < 1.29 is 9.84 Å². The highest BCUT2D eigenvalue weighted by molar-refractivity contribution is 5.03. The average Bonchev–Trinajstić information content (AvgIpc) is 3.28. The fourth-order valence-electron chi connectivity index (χ4n) is 3.32. The zero-order valence-corrected chi connectivity index (χ0v) is 12.5. The molecule has 4 heteroatoms. The second-order valence-corrected chi connectivity index (χ2v) is 6.25. The Bertz CT molecular complexity index is 271. The summed E-state index contributed by atoms with van der Waals surface area (Å²) in [5, 5.41) is 13.6. The Morgan fingerprint density at radius 2 is 2.16 bits per heavy atom. The van der Waals surface area contributed by atoms with E-state index in [1.54, 1.807) is 0 Å². The van der Waals surface area contributed by atoms with Crippen LogP contribution in [0.5, 0.6) is 0 Å². The van der Waals surface area contributed by atoms with Crippen LogP contribution in [0.4, 0.5) is 0 Å². The van der Waals surface area contributed by atoms with Gasteiger partial charge in [-0.05, 0) is 51.1 Å². The summed E-state index contributed by atoms with van der Waals surface area (Å²) in [7, 11) is 1.81. The largest absolute Gasteiger partial charge is 0.394 e. The number of hydrogen-bond acceptors (Lipinski definition) is 4. The van der Waals surface area contributed by atoms with Crippen LogP contribution in [-0.4, -0.2) is 61.5 Å². The summed E-state index contributed by atoms with van der Waals surface area (Å²) in [5.74, 6) is 0.659. The molecule has 1 saturated heterocycles. The van der Waals surface area contributed by atoms with Crippen molar-refractivity contribution in [2.24, 2.45) is 5.92 Å². The number of rotatable bonds is 8. The summed E-state index contributed by atoms with van der Waals surface area (Å²) >= 11 is 0. The molecule has 0 aromatic heterocycles. The number of aliphatic hydroxyl groups excluding tert-OH is 1. The molecule has 1 aliphatic heterocycles. The maximum absolute atomic E-state index is 9.95. The van der Waals surface area contributed by atoms with Gasteiger partial charge in [-0.25, -0.2) is 0 Å². The first kappa shape index (κ1) is 15.2. The van der Waals surface area contributed by atoms with Gasteiger partial charge < -0.3 is 15.2 Å². The SMILES string of the molecule is CCCNC(CO)(CN1CCCC(OC)C1)C1CC1. The van der Waals surface area contributed by atoms with E-state index >= 15 is 0 Å². The highest BCUT2D eigenvalue weighted by atomic mass is 16.5. The van der Waals surface area contributed by atoms with Crippen molar-refractivity contribution in [2.45, 2.75) is 50.7 Å². The molecule has 1 heterocycles. The summed E-state index contributed by atoms with van der Waals surface area (Å²) in [6, 6.07) is 0. The van der Waals surface area contributed by atoms with Gasteiger partial charge in [0.25, 0.3) is 0 Å². The third-order valence-electron chi connectivity index (χ3n) is 4.67. The van der Waals surface area contributed by atoms with Crippen LogP contribution in [0, 0.1) is 5.92 Å². The van der Waals surface area contributed by atoms with Crippen LogP contribution < -0.4 is 5.32 Å². The second-order valence-electron chi connectivity index (χ2n) is 6.25. The normalized spacial score (nSPS) is 28.3. The molecule has 0 bridgehead atoms. The van der Waals surface area contributed by atoms with Crippen molar-refractivity contribution in [1.29, 1.82) is 0 Å². The van der Waals surface area contributed by atoms with Crippen LogP contribution in [0.2, 0.25) is 0 Å². The summed E-state index contributed by atoms with van der Waals surface area (Å²) in [6.45, 7) is 6.56. The Kier molecular flexibility index (Phi) is 5.63. The monoisotopic (exact) mass is 270 g/mol. The highest BCUT2D eigenvalue weighted by Crippen LogP contribution is 2.40. The minimum absolute atomic E-state index is 0.0777. The fourth-order valence-corrected chi connectivity index (χ4v) is 3.32. The number of likely N-dealkylation sites (tertiary alicyclic amines) is 1. The number of nitrogens with one attached hydrogen (secondary N) is 1. The lowest BCUT2D eigenvalue weighted by atomic mass is 9.91. The number of piperidine rings is 1. The second kappa shape index (κ2) is 7.02. The van der Waals surface area contributed by atoms with Crippen LogP contribution in [0.3, 0.4) is 0 Å². The summed E-state index contributed by atoms with van der Waals surface area (Å²) < 4.78 is 5.50. The Morgan fingerprint density at radius 1 is 1.37 bits per heavy atom. The number of ether oxygens (including phenoxy) is 1. The molecule has 0 aromatic rings. The summed E-state index contributed by atoms with van der Waals surface area (Å²) in [5.41, 5.74) is -0.0777. The van der Waals surface area contributed by atoms with Crippen molar-refractivity contribution in [3.63, 3.8) is 0 Å². The lowest BCUT2D eigenvalue weighted by molar-refractivity contribution is 0.00864. The molecule has 2 fully saturated rings. The third kappa shape index (κ3) is 3.91. The standard InChI is InChI=1S/C15H30N2O2/c1-3-8-16-15(12-18,13-6-7-13)11-17-9-4-5-14(10-17)19-2/h13-14,16,18H,3-12H2,1-2H3. The first-order valence-corrected chi connectivity index (χ1v) is 7.85. The van der Waals surface area contributed by atoms with Gasteiger partial charge in [0, 0.05) is 20.2 Å². The molecule has 112 valence electrons. The van der Waals surface area contributed by atoms with Gasteiger partial charge in [0.1, 0.15) is 0 Å². The third-order valence-corrected chi connectivity index (χ3v) is 4.67. The smallest absolute Gasteiger partial charge is 0.0698 e. The molecule has 1 saturated carbocycles. The molecule has 0 spiro atoms. The minimum atomic E-state index is -0.0777. The summed E-state index contributed by atoms with van der Waals surface area (Å²) in [6.07, 6.45) is 6.39. The molecule has 2 N–H and O–H groups in total. The van der Waals surface area contributed by atoms with Crippen LogP contribution in [0.25, 0.3) is 0 Å². The molecule has 0 radical (unpaired) electrons. The topological polar surface area (TPSA) is 44.7 Å². The lowest BCUT2D eigenvalue weighted by Gasteiger charge is -2.41. The average molecular weight is 270 g/mol. The molecule has 0 amide bonds. The number of methoxy groups -OCH3 is 1. The first-order valence-electron chi connectivity index (χ1n) is 7.85. The maximum atomic E-state index is 9.95. The van der Waals surface area contributed by atoms with E-state index in [1.165, 1.54) is 25.7 Å². The van der Waals surface area contributed by atoms with Crippen molar-refractivity contribution in [3.8, 4) is 0 Å². The quantitative estimate of drug-likeness (QED) is 0.696. The van der Waals surface area contributed by atoms with Gasteiger partial charge in [0.05, 0.1) is 18.2 Å². The van der Waals surface area contributed by atoms with Gasteiger partial charge in [-0.2, -0.15) is 0 Å². The molecule has 0 aromatic carbocycles. The van der Waals surface area contributed by atoms with Gasteiger partial charge in [0.2, 0.25) is 0 Å². The fraction of sp³-hybridized carbons (Fsp3) is 1.00. The number of aliphatic hydroxyl groups is 1. The van der Waals surface area contributed by atoms with E-state index in [0.717, 1.165) is 32.6 Å². The van der Waals surface area contributed by atoms with E-state index in [0.29, 0.717) is 12.0 Å². The molecule has 19 heavy (non-hydrogen) atoms. The van der Waals surface area contributed by atoms with E-state index < -0.39 is 0 Å². The van der Waals surface area contributed by atoms with Gasteiger partial charge >= 0.3 is 0 Å². The van der Waals surface area contributed by atoms with Crippen molar-refractivity contribution in [2.75, 3.05) is 39.9 Å². The molecule has 2 unspecified atom stereocenters. The molecular formula is C15H30N2O2. The van der Waals surface area contributed by atoms with Gasteiger partial charge in [-0.15, -0.1) is 0 Å². The van der Waals surface area contributed by atoms with Crippen molar-refractivity contribution in [3.05, 3.63) is 0 Å². The zero-order chi connectivity index (χ0) is 13.7. The predicted molar refractivity (Wildman–Crippen MR) is 77.3 cm³/mol. The molecule has 2 rings (SSSR count). The van der Waals surface area contributed by atoms with E-state index in [1.807, 2.05) is 7.11 Å².